The van der Waals surface area contributed by atoms with Crippen LogP contribution in [0.3, 0.4) is 0 Å². The Morgan fingerprint density at radius 2 is 1.74 bits per heavy atom. The molecule has 1 aromatic heterocycles. The smallest absolute Gasteiger partial charge is 0.255 e. The number of hydrogen-bond donors (Lipinski definition) is 1. The molecule has 2 heterocycles. The maximum absolute atomic E-state index is 12.7. The van der Waals surface area contributed by atoms with E-state index in [0.29, 0.717) is 17.9 Å². The topological polar surface area (TPSA) is 67.3 Å². The van der Waals surface area contributed by atoms with Gasteiger partial charge in [-0.25, -0.2) is 9.97 Å². The molecule has 6 nitrogen and oxygen atoms in total. The highest BCUT2D eigenvalue weighted by Gasteiger charge is 2.17. The van der Waals surface area contributed by atoms with Gasteiger partial charge in [-0.2, -0.15) is 0 Å². The molecule has 0 bridgehead atoms. The van der Waals surface area contributed by atoms with E-state index in [1.807, 2.05) is 63.2 Å². The largest absolute Gasteiger partial charge is 0.492 e. The van der Waals surface area contributed by atoms with Crippen LogP contribution in [0.25, 0.3) is 11.1 Å². The molecule has 0 spiro atoms. The van der Waals surface area contributed by atoms with Gasteiger partial charge >= 0.3 is 0 Å². The first-order chi connectivity index (χ1) is 15.0. The predicted molar refractivity (Wildman–Crippen MR) is 123 cm³/mol. The van der Waals surface area contributed by atoms with Gasteiger partial charge in [-0.15, -0.1) is 0 Å². The molecule has 160 valence electrons. The molecular formula is C25H28N4O2. The number of amides is 1. The summed E-state index contributed by atoms with van der Waals surface area (Å²) in [5, 5.41) is 3.00. The number of nitrogens with zero attached hydrogens (tertiary/aromatic N) is 3. The van der Waals surface area contributed by atoms with E-state index in [1.54, 1.807) is 6.33 Å². The fourth-order valence-corrected chi connectivity index (χ4v) is 3.71. The summed E-state index contributed by atoms with van der Waals surface area (Å²) in [4.78, 5) is 23.8. The van der Waals surface area contributed by atoms with Crippen molar-refractivity contribution in [1.82, 2.24) is 14.9 Å². The maximum Gasteiger partial charge on any atom is 0.255 e. The molecule has 1 amide bonds. The molecule has 3 aromatic rings. The quantitative estimate of drug-likeness (QED) is 0.618. The molecule has 1 saturated heterocycles. The van der Waals surface area contributed by atoms with Crippen molar-refractivity contribution in [2.75, 3.05) is 31.6 Å². The van der Waals surface area contributed by atoms with Crippen molar-refractivity contribution >= 4 is 11.6 Å². The van der Waals surface area contributed by atoms with Gasteiger partial charge < -0.3 is 10.1 Å². The molecule has 0 aliphatic carbocycles. The normalized spacial score (nSPS) is 13.5. The van der Waals surface area contributed by atoms with Crippen molar-refractivity contribution in [3.63, 3.8) is 0 Å². The second kappa shape index (κ2) is 9.27. The number of nitrogens with one attached hydrogen (secondary N) is 1. The van der Waals surface area contributed by atoms with Gasteiger partial charge in [-0.05, 0) is 70.6 Å². The molecule has 1 fully saturated rings. The van der Waals surface area contributed by atoms with Crippen LogP contribution in [0, 0.1) is 20.8 Å². The Bertz CT molecular complexity index is 1060. The fraction of sp³-hybridized carbons (Fsp3) is 0.320. The molecule has 31 heavy (non-hydrogen) atoms. The second-order valence-corrected chi connectivity index (χ2v) is 7.99. The van der Waals surface area contributed by atoms with Crippen LogP contribution in [-0.4, -0.2) is 47.0 Å². The summed E-state index contributed by atoms with van der Waals surface area (Å²) in [7, 11) is 0. The number of anilines is 1. The molecule has 0 radical (unpaired) electrons. The maximum atomic E-state index is 12.7. The summed E-state index contributed by atoms with van der Waals surface area (Å²) < 4.78 is 6.16. The van der Waals surface area contributed by atoms with E-state index in [0.717, 1.165) is 53.5 Å². The number of rotatable bonds is 7. The molecule has 6 heteroatoms. The number of aryl methyl sites for hydroxylation is 3. The van der Waals surface area contributed by atoms with Crippen LogP contribution in [-0.2, 0) is 0 Å². The summed E-state index contributed by atoms with van der Waals surface area (Å²) in [6.45, 7) is 9.75. The summed E-state index contributed by atoms with van der Waals surface area (Å²) in [6.07, 6.45) is 2.84. The van der Waals surface area contributed by atoms with Crippen molar-refractivity contribution in [3.8, 4) is 16.9 Å². The zero-order valence-corrected chi connectivity index (χ0v) is 18.3. The minimum Gasteiger partial charge on any atom is -0.492 e. The van der Waals surface area contributed by atoms with Crippen LogP contribution < -0.4 is 10.1 Å². The minimum absolute atomic E-state index is 0.143. The van der Waals surface area contributed by atoms with Gasteiger partial charge in [0, 0.05) is 40.3 Å². The van der Waals surface area contributed by atoms with Crippen molar-refractivity contribution < 1.29 is 9.53 Å². The lowest BCUT2D eigenvalue weighted by molar-refractivity contribution is 0.102. The third kappa shape index (κ3) is 4.91. The van der Waals surface area contributed by atoms with Gasteiger partial charge in [0.15, 0.2) is 0 Å². The van der Waals surface area contributed by atoms with Gasteiger partial charge in [0.1, 0.15) is 18.7 Å². The SMILES string of the molecule is Cc1ccc(C(=O)Nc2ccc(OCCN3CCC3)c(-c3c(C)ncnc3C)c2)cc1. The highest BCUT2D eigenvalue weighted by atomic mass is 16.5. The lowest BCUT2D eigenvalue weighted by Crippen LogP contribution is -2.39. The Balaban J connectivity index is 1.61. The zero-order valence-electron chi connectivity index (χ0n) is 18.3. The van der Waals surface area contributed by atoms with Crippen LogP contribution >= 0.6 is 0 Å². The third-order valence-electron chi connectivity index (χ3n) is 5.66. The summed E-state index contributed by atoms with van der Waals surface area (Å²) in [5.41, 5.74) is 6.03. The van der Waals surface area contributed by atoms with Gasteiger partial charge in [0.2, 0.25) is 0 Å². The highest BCUT2D eigenvalue weighted by Crippen LogP contribution is 2.35. The molecule has 0 saturated carbocycles. The number of carbonyl (C=O) groups is 1. The van der Waals surface area contributed by atoms with Gasteiger partial charge in [-0.1, -0.05) is 17.7 Å². The first-order valence-corrected chi connectivity index (χ1v) is 10.7. The molecular weight excluding hydrogens is 388 g/mol. The van der Waals surface area contributed by atoms with E-state index in [4.69, 9.17) is 4.74 Å². The Morgan fingerprint density at radius 3 is 2.39 bits per heavy atom. The van der Waals surface area contributed by atoms with Crippen molar-refractivity contribution in [2.45, 2.75) is 27.2 Å². The zero-order chi connectivity index (χ0) is 21.8. The highest BCUT2D eigenvalue weighted by molar-refractivity contribution is 6.04. The Kier molecular flexibility index (Phi) is 6.28. The van der Waals surface area contributed by atoms with E-state index < -0.39 is 0 Å². The molecule has 2 aromatic carbocycles. The first kappa shape index (κ1) is 21.0. The summed E-state index contributed by atoms with van der Waals surface area (Å²) in [5.74, 6) is 0.630. The minimum atomic E-state index is -0.143. The molecule has 0 atom stereocenters. The van der Waals surface area contributed by atoms with Crippen LogP contribution in [0.2, 0.25) is 0 Å². The van der Waals surface area contributed by atoms with E-state index >= 15 is 0 Å². The predicted octanol–water partition coefficient (Wildman–Crippen LogP) is 4.41. The Hall–Kier alpha value is -3.25. The van der Waals surface area contributed by atoms with E-state index in [2.05, 4.69) is 20.2 Å². The van der Waals surface area contributed by atoms with Crippen LogP contribution in [0.5, 0.6) is 5.75 Å². The third-order valence-corrected chi connectivity index (χ3v) is 5.66. The Morgan fingerprint density at radius 1 is 1.03 bits per heavy atom. The van der Waals surface area contributed by atoms with Gasteiger partial charge in [0.05, 0.1) is 0 Å². The first-order valence-electron chi connectivity index (χ1n) is 10.7. The molecule has 4 rings (SSSR count). The number of aromatic nitrogens is 2. The lowest BCUT2D eigenvalue weighted by Gasteiger charge is -2.30. The molecule has 1 aliphatic rings. The monoisotopic (exact) mass is 416 g/mol. The number of benzene rings is 2. The number of ether oxygens (including phenoxy) is 1. The van der Waals surface area contributed by atoms with E-state index in [9.17, 15) is 4.79 Å². The average Bonchev–Trinajstić information content (AvgIpc) is 2.71. The number of hydrogen-bond acceptors (Lipinski definition) is 5. The molecule has 0 unspecified atom stereocenters. The standard InChI is InChI=1S/C25H28N4O2/c1-17-5-7-20(8-6-17)25(30)28-21-9-10-23(31-14-13-29-11-4-12-29)22(15-21)24-18(2)26-16-27-19(24)3/h5-10,15-16H,4,11-14H2,1-3H3,(H,28,30). The average molecular weight is 417 g/mol. The van der Waals surface area contributed by atoms with E-state index in [1.165, 1.54) is 6.42 Å². The van der Waals surface area contributed by atoms with Gasteiger partial charge in [-0.3, -0.25) is 9.69 Å². The number of carbonyl (C=O) groups excluding carboxylic acids is 1. The summed E-state index contributed by atoms with van der Waals surface area (Å²) >= 11 is 0. The number of likely N-dealkylation sites (tertiary alicyclic amines) is 1. The van der Waals surface area contributed by atoms with Crippen molar-refractivity contribution in [1.29, 1.82) is 0 Å². The lowest BCUT2D eigenvalue weighted by atomic mass is 10.0. The Labute approximate surface area is 183 Å². The van der Waals surface area contributed by atoms with Crippen molar-refractivity contribution in [3.05, 3.63) is 71.3 Å². The van der Waals surface area contributed by atoms with Crippen LogP contribution in [0.4, 0.5) is 5.69 Å². The second-order valence-electron chi connectivity index (χ2n) is 7.99. The van der Waals surface area contributed by atoms with Crippen molar-refractivity contribution in [2.24, 2.45) is 0 Å². The fourth-order valence-electron chi connectivity index (χ4n) is 3.71. The van der Waals surface area contributed by atoms with Crippen LogP contribution in [0.1, 0.15) is 33.7 Å². The molecule has 1 N–H and O–H groups in total. The van der Waals surface area contributed by atoms with Gasteiger partial charge in [0.25, 0.3) is 5.91 Å². The summed E-state index contributed by atoms with van der Waals surface area (Å²) in [6, 6.07) is 13.3. The van der Waals surface area contributed by atoms with E-state index in [-0.39, 0.29) is 5.91 Å². The van der Waals surface area contributed by atoms with Crippen LogP contribution in [0.15, 0.2) is 48.8 Å². The molecule has 1 aliphatic heterocycles.